The molecule has 2 heteroatoms. The topological polar surface area (TPSA) is 40.5 Å². The molecule has 0 aromatic heterocycles. The Bertz CT molecular complexity index is 166. The molecule has 2 nitrogen and oxygen atoms in total. The molecule has 0 aliphatic carbocycles. The van der Waals surface area contributed by atoms with E-state index in [0.717, 1.165) is 0 Å². The number of hydrogen-bond donors (Lipinski definition) is 2. The van der Waals surface area contributed by atoms with Gasteiger partial charge >= 0.3 is 0 Å². The van der Waals surface area contributed by atoms with E-state index in [4.69, 9.17) is 10.2 Å². The lowest BCUT2D eigenvalue weighted by Gasteiger charge is -1.97. The molecule has 0 bridgehead atoms. The fraction of sp³-hybridized carbons (Fsp3) is 0.143. The van der Waals surface area contributed by atoms with E-state index < -0.39 is 0 Å². The Morgan fingerprint density at radius 1 is 1.44 bits per heavy atom. The van der Waals surface area contributed by atoms with Gasteiger partial charge in [0, 0.05) is 0 Å². The highest BCUT2D eigenvalue weighted by atomic mass is 16.3. The maximum absolute atomic E-state index is 8.85. The Hall–Kier alpha value is -1.18. The van der Waals surface area contributed by atoms with Crippen LogP contribution in [0.1, 0.15) is 6.92 Å². The van der Waals surface area contributed by atoms with Crippen molar-refractivity contribution in [1.29, 1.82) is 0 Å². The molecule has 0 saturated heterocycles. The van der Waals surface area contributed by atoms with Crippen LogP contribution in [0.5, 0.6) is 0 Å². The summed E-state index contributed by atoms with van der Waals surface area (Å²) in [5.74, 6) is -0.530. The van der Waals surface area contributed by atoms with Crippen molar-refractivity contribution in [3.05, 3.63) is 36.3 Å². The molecule has 2 N–H and O–H groups in total. The average molecular weight is 126 g/mol. The smallest absolute Gasteiger partial charge is 0.159 e. The summed E-state index contributed by atoms with van der Waals surface area (Å²) in [4.78, 5) is 0. The van der Waals surface area contributed by atoms with E-state index in [1.807, 2.05) is 0 Å². The van der Waals surface area contributed by atoms with E-state index in [0.29, 0.717) is 5.57 Å². The SMILES string of the molecule is C=C/C(C)=C(/O)C(=C)O. The van der Waals surface area contributed by atoms with E-state index in [1.54, 1.807) is 6.92 Å². The summed E-state index contributed by atoms with van der Waals surface area (Å²) in [6, 6.07) is 0. The molecule has 50 valence electrons. The van der Waals surface area contributed by atoms with Crippen LogP contribution in [0.15, 0.2) is 36.3 Å². The zero-order chi connectivity index (χ0) is 7.44. The van der Waals surface area contributed by atoms with E-state index >= 15 is 0 Å². The standard InChI is InChI=1S/C7H10O2/c1-4-5(2)7(9)6(3)8/h4,8-9H,1,3H2,2H3/b7-5+. The van der Waals surface area contributed by atoms with Gasteiger partial charge in [-0.1, -0.05) is 19.2 Å². The van der Waals surface area contributed by atoms with Crippen LogP contribution in [0.4, 0.5) is 0 Å². The highest BCUT2D eigenvalue weighted by Crippen LogP contribution is 2.06. The van der Waals surface area contributed by atoms with Gasteiger partial charge in [0.2, 0.25) is 0 Å². The summed E-state index contributed by atoms with van der Waals surface area (Å²) in [5, 5.41) is 17.4. The first kappa shape index (κ1) is 7.82. The van der Waals surface area contributed by atoms with Gasteiger partial charge in [-0.15, -0.1) is 0 Å². The molecule has 0 aromatic rings. The van der Waals surface area contributed by atoms with Crippen LogP contribution in [-0.2, 0) is 0 Å². The van der Waals surface area contributed by atoms with Crippen molar-refractivity contribution in [2.24, 2.45) is 0 Å². The minimum atomic E-state index is -0.326. The fourth-order valence-corrected chi connectivity index (χ4v) is 0.324. The van der Waals surface area contributed by atoms with Crippen LogP contribution in [0.3, 0.4) is 0 Å². The van der Waals surface area contributed by atoms with Gasteiger partial charge in [-0.05, 0) is 12.5 Å². The van der Waals surface area contributed by atoms with E-state index in [1.165, 1.54) is 6.08 Å². The largest absolute Gasteiger partial charge is 0.505 e. The van der Waals surface area contributed by atoms with Crippen molar-refractivity contribution in [3.8, 4) is 0 Å². The molecule has 0 unspecified atom stereocenters. The summed E-state index contributed by atoms with van der Waals surface area (Å²) < 4.78 is 0. The molecule has 0 spiro atoms. The highest BCUT2D eigenvalue weighted by molar-refractivity contribution is 5.26. The van der Waals surface area contributed by atoms with Gasteiger partial charge in [-0.25, -0.2) is 0 Å². The molecule has 0 fully saturated rings. The Kier molecular flexibility index (Phi) is 2.58. The highest BCUT2D eigenvalue weighted by Gasteiger charge is 1.97. The van der Waals surface area contributed by atoms with Gasteiger partial charge in [0.25, 0.3) is 0 Å². The normalized spacial score (nSPS) is 12.1. The van der Waals surface area contributed by atoms with Gasteiger partial charge < -0.3 is 10.2 Å². The zero-order valence-corrected chi connectivity index (χ0v) is 5.39. The Morgan fingerprint density at radius 2 is 1.89 bits per heavy atom. The first-order chi connectivity index (χ1) is 4.09. The van der Waals surface area contributed by atoms with Crippen LogP contribution in [0, 0.1) is 0 Å². The Morgan fingerprint density at radius 3 is 2.00 bits per heavy atom. The van der Waals surface area contributed by atoms with Gasteiger partial charge in [0.15, 0.2) is 5.76 Å². The monoisotopic (exact) mass is 126 g/mol. The molecule has 0 aromatic carbocycles. The van der Waals surface area contributed by atoms with Crippen molar-refractivity contribution in [2.45, 2.75) is 6.92 Å². The Labute approximate surface area is 54.4 Å². The number of hydrogen-bond acceptors (Lipinski definition) is 2. The second kappa shape index (κ2) is 2.97. The second-order valence-electron chi connectivity index (χ2n) is 1.68. The van der Waals surface area contributed by atoms with Crippen molar-refractivity contribution in [2.75, 3.05) is 0 Å². The summed E-state index contributed by atoms with van der Waals surface area (Å²) in [6.45, 7) is 8.15. The van der Waals surface area contributed by atoms with Crippen molar-refractivity contribution < 1.29 is 10.2 Å². The molecule has 0 rings (SSSR count). The molecule has 0 radical (unpaired) electrons. The molecule has 0 aliphatic rings. The zero-order valence-electron chi connectivity index (χ0n) is 5.39. The number of rotatable bonds is 2. The lowest BCUT2D eigenvalue weighted by Crippen LogP contribution is -1.87. The predicted octanol–water partition coefficient (Wildman–Crippen LogP) is 2.08. The average Bonchev–Trinajstić information content (AvgIpc) is 1.84. The molecular weight excluding hydrogens is 116 g/mol. The van der Waals surface area contributed by atoms with Gasteiger partial charge in [-0.3, -0.25) is 0 Å². The predicted molar refractivity (Wildman–Crippen MR) is 37.3 cm³/mol. The van der Waals surface area contributed by atoms with Crippen LogP contribution < -0.4 is 0 Å². The first-order valence-electron chi connectivity index (χ1n) is 2.50. The molecular formula is C7H10O2. The maximum atomic E-state index is 8.85. The summed E-state index contributed by atoms with van der Waals surface area (Å²) in [5.41, 5.74) is 0.516. The van der Waals surface area contributed by atoms with E-state index in [9.17, 15) is 0 Å². The molecule has 0 heterocycles. The third-order valence-corrected chi connectivity index (χ3v) is 0.953. The van der Waals surface area contributed by atoms with E-state index in [-0.39, 0.29) is 11.5 Å². The van der Waals surface area contributed by atoms with Crippen LogP contribution >= 0.6 is 0 Å². The third kappa shape index (κ3) is 2.04. The fourth-order valence-electron chi connectivity index (χ4n) is 0.324. The first-order valence-corrected chi connectivity index (χ1v) is 2.50. The summed E-state index contributed by atoms with van der Waals surface area (Å²) >= 11 is 0. The number of aliphatic hydroxyl groups excluding tert-OH is 2. The van der Waals surface area contributed by atoms with Gasteiger partial charge in [0.05, 0.1) is 0 Å². The molecule has 0 atom stereocenters. The van der Waals surface area contributed by atoms with Crippen LogP contribution in [0.2, 0.25) is 0 Å². The Balaban J connectivity index is 4.47. The van der Waals surface area contributed by atoms with E-state index in [2.05, 4.69) is 13.2 Å². The molecule has 0 amide bonds. The minimum Gasteiger partial charge on any atom is -0.505 e. The number of allylic oxidation sites excluding steroid dienone is 2. The molecule has 0 saturated carbocycles. The van der Waals surface area contributed by atoms with Crippen LogP contribution in [0.25, 0.3) is 0 Å². The van der Waals surface area contributed by atoms with Crippen molar-refractivity contribution in [1.82, 2.24) is 0 Å². The molecule has 0 aliphatic heterocycles. The van der Waals surface area contributed by atoms with Crippen molar-refractivity contribution >= 4 is 0 Å². The lowest BCUT2D eigenvalue weighted by atomic mass is 10.2. The van der Waals surface area contributed by atoms with Crippen LogP contribution in [-0.4, -0.2) is 10.2 Å². The van der Waals surface area contributed by atoms with Crippen molar-refractivity contribution in [3.63, 3.8) is 0 Å². The third-order valence-electron chi connectivity index (χ3n) is 0.953. The summed E-state index contributed by atoms with van der Waals surface area (Å²) in [7, 11) is 0. The number of aliphatic hydroxyl groups is 2. The second-order valence-corrected chi connectivity index (χ2v) is 1.68. The maximum Gasteiger partial charge on any atom is 0.159 e. The van der Waals surface area contributed by atoms with Gasteiger partial charge in [0.1, 0.15) is 5.76 Å². The lowest BCUT2D eigenvalue weighted by molar-refractivity contribution is 0.325. The molecule has 9 heavy (non-hydrogen) atoms. The quantitative estimate of drug-likeness (QED) is 0.439. The summed E-state index contributed by atoms with van der Waals surface area (Å²) in [6.07, 6.45) is 1.44. The minimum absolute atomic E-state index is 0.204. The van der Waals surface area contributed by atoms with Gasteiger partial charge in [-0.2, -0.15) is 0 Å².